The molecule has 13 heteroatoms. The van der Waals surface area contributed by atoms with E-state index in [4.69, 9.17) is 16.3 Å². The molecule has 3 aromatic rings. The molecule has 5 fully saturated rings. The molecule has 60 heavy (non-hydrogen) atoms. The van der Waals surface area contributed by atoms with Gasteiger partial charge < -0.3 is 19.4 Å². The van der Waals surface area contributed by atoms with Gasteiger partial charge in [0.1, 0.15) is 24.0 Å². The largest absolute Gasteiger partial charge is 0.490 e. The van der Waals surface area contributed by atoms with Crippen molar-refractivity contribution >= 4 is 46.8 Å². The Labute approximate surface area is 354 Å². The topological polar surface area (TPSA) is 143 Å². The zero-order valence-electron chi connectivity index (χ0n) is 33.4. The van der Waals surface area contributed by atoms with Gasteiger partial charge in [-0.2, -0.15) is 5.26 Å². The third kappa shape index (κ3) is 7.87. The second-order valence-corrected chi connectivity index (χ2v) is 17.5. The van der Waals surface area contributed by atoms with Gasteiger partial charge in [-0.3, -0.25) is 34.2 Å². The Kier molecular flexibility index (Phi) is 11.1. The molecule has 9 rings (SSSR count). The number of amides is 5. The molecule has 1 saturated carbocycles. The highest BCUT2D eigenvalue weighted by Crippen LogP contribution is 2.39. The van der Waals surface area contributed by atoms with Crippen LogP contribution in [-0.4, -0.2) is 102 Å². The van der Waals surface area contributed by atoms with E-state index in [9.17, 15) is 29.2 Å². The Balaban J connectivity index is 0.736. The Morgan fingerprint density at radius 2 is 1.52 bits per heavy atom. The zero-order chi connectivity index (χ0) is 41.5. The average molecular weight is 827 g/mol. The number of carbonyl (C=O) groups is 5. The van der Waals surface area contributed by atoms with E-state index in [1.54, 1.807) is 30.3 Å². The summed E-state index contributed by atoms with van der Waals surface area (Å²) in [6.07, 6.45) is 7.38. The molecule has 0 aromatic heterocycles. The van der Waals surface area contributed by atoms with Crippen molar-refractivity contribution < 1.29 is 28.7 Å². The summed E-state index contributed by atoms with van der Waals surface area (Å²) in [4.78, 5) is 72.1. The van der Waals surface area contributed by atoms with Crippen LogP contribution in [0, 0.1) is 40.9 Å². The molecule has 1 aliphatic carbocycles. The SMILES string of the molecule is N#Cc1ccc(OC2C3CCCC2CN(C(=O)c2ccc(C#CC4CCN(C5CCN(c6ccc7c(c6)C(=O)N(C6CCC(=O)NC6=O)C7=O)CC5)CC4)cc2)C3)cc1Cl. The number of ether oxygens (including phenoxy) is 1. The van der Waals surface area contributed by atoms with Crippen LogP contribution in [0.4, 0.5) is 5.69 Å². The van der Waals surface area contributed by atoms with Crippen molar-refractivity contribution in [2.24, 2.45) is 17.8 Å². The van der Waals surface area contributed by atoms with E-state index >= 15 is 0 Å². The number of imide groups is 2. The lowest BCUT2D eigenvalue weighted by atomic mass is 9.75. The first-order chi connectivity index (χ1) is 29.1. The molecule has 4 saturated heterocycles. The molecule has 12 nitrogen and oxygen atoms in total. The average Bonchev–Trinajstić information content (AvgIpc) is 3.50. The minimum atomic E-state index is -0.972. The number of rotatable bonds is 6. The number of nitrogens with one attached hydrogen (secondary N) is 1. The minimum absolute atomic E-state index is 0.0125. The van der Waals surface area contributed by atoms with Gasteiger partial charge >= 0.3 is 0 Å². The van der Waals surface area contributed by atoms with Crippen LogP contribution in [0.25, 0.3) is 0 Å². The molecular formula is C47H47ClN6O6. The number of halogens is 1. The Morgan fingerprint density at radius 1 is 0.800 bits per heavy atom. The van der Waals surface area contributed by atoms with Crippen LogP contribution >= 0.6 is 11.6 Å². The number of likely N-dealkylation sites (tertiary alicyclic amines) is 2. The number of anilines is 1. The van der Waals surface area contributed by atoms with E-state index in [2.05, 4.69) is 33.0 Å². The Morgan fingerprint density at radius 3 is 2.20 bits per heavy atom. The summed E-state index contributed by atoms with van der Waals surface area (Å²) in [5.41, 5.74) is 3.51. The molecule has 1 N–H and O–H groups in total. The monoisotopic (exact) mass is 826 g/mol. The van der Waals surface area contributed by atoms with Crippen molar-refractivity contribution in [3.05, 3.63) is 93.5 Å². The van der Waals surface area contributed by atoms with Crippen molar-refractivity contribution in [1.82, 2.24) is 20.0 Å². The van der Waals surface area contributed by atoms with Crippen molar-refractivity contribution in [1.29, 1.82) is 5.26 Å². The predicted molar refractivity (Wildman–Crippen MR) is 223 cm³/mol. The molecule has 3 atom stereocenters. The van der Waals surface area contributed by atoms with E-state index in [1.165, 1.54) is 0 Å². The second-order valence-electron chi connectivity index (χ2n) is 17.0. The molecule has 0 spiro atoms. The number of nitrogens with zero attached hydrogens (tertiary/aromatic N) is 5. The summed E-state index contributed by atoms with van der Waals surface area (Å²) in [7, 11) is 0. The molecule has 308 valence electrons. The summed E-state index contributed by atoms with van der Waals surface area (Å²) in [5, 5.41) is 11.9. The molecule has 5 aliphatic heterocycles. The molecule has 2 bridgehead atoms. The summed E-state index contributed by atoms with van der Waals surface area (Å²) in [6.45, 7) is 4.96. The van der Waals surface area contributed by atoms with Crippen LogP contribution < -0.4 is 15.0 Å². The van der Waals surface area contributed by atoms with Gasteiger partial charge in [0.05, 0.1) is 21.7 Å². The first-order valence-corrected chi connectivity index (χ1v) is 21.6. The van der Waals surface area contributed by atoms with E-state index < -0.39 is 29.7 Å². The zero-order valence-corrected chi connectivity index (χ0v) is 34.2. The van der Waals surface area contributed by atoms with Crippen molar-refractivity contribution in [3.63, 3.8) is 0 Å². The van der Waals surface area contributed by atoms with Crippen LogP contribution in [0.1, 0.15) is 100.0 Å². The fourth-order valence-corrected chi connectivity index (χ4v) is 10.4. The van der Waals surface area contributed by atoms with Gasteiger partial charge in [-0.15, -0.1) is 0 Å². The summed E-state index contributed by atoms with van der Waals surface area (Å²) >= 11 is 6.27. The molecule has 5 amide bonds. The molecule has 3 unspecified atom stereocenters. The van der Waals surface area contributed by atoms with Crippen molar-refractivity contribution in [2.75, 3.05) is 44.2 Å². The number of piperidine rings is 4. The minimum Gasteiger partial charge on any atom is -0.490 e. The molecular weight excluding hydrogens is 780 g/mol. The number of hydrogen-bond donors (Lipinski definition) is 1. The molecule has 0 radical (unpaired) electrons. The van der Waals surface area contributed by atoms with Crippen LogP contribution in [0.2, 0.25) is 5.02 Å². The van der Waals surface area contributed by atoms with Gasteiger partial charge in [0.15, 0.2) is 0 Å². The molecule has 6 aliphatic rings. The number of carbonyl (C=O) groups excluding carboxylic acids is 5. The van der Waals surface area contributed by atoms with Crippen LogP contribution in [0.3, 0.4) is 0 Å². The van der Waals surface area contributed by atoms with E-state index in [-0.39, 0.29) is 36.7 Å². The fraction of sp³-hybridized carbons (Fsp3) is 0.447. The van der Waals surface area contributed by atoms with Crippen LogP contribution in [-0.2, 0) is 9.59 Å². The van der Waals surface area contributed by atoms with Gasteiger partial charge in [-0.1, -0.05) is 29.9 Å². The van der Waals surface area contributed by atoms with Gasteiger partial charge in [-0.05, 0) is 113 Å². The Hall–Kier alpha value is -5.69. The maximum Gasteiger partial charge on any atom is 0.262 e. The third-order valence-electron chi connectivity index (χ3n) is 13.5. The lowest BCUT2D eigenvalue weighted by Crippen LogP contribution is -2.55. The number of benzene rings is 3. The van der Waals surface area contributed by atoms with E-state index in [0.29, 0.717) is 58.1 Å². The maximum absolute atomic E-state index is 13.7. The van der Waals surface area contributed by atoms with Gasteiger partial charge in [-0.25, -0.2) is 0 Å². The number of nitriles is 1. The predicted octanol–water partition coefficient (Wildman–Crippen LogP) is 5.67. The highest BCUT2D eigenvalue weighted by Gasteiger charge is 2.45. The number of hydrogen-bond acceptors (Lipinski definition) is 9. The first kappa shape index (κ1) is 39.8. The first-order valence-electron chi connectivity index (χ1n) is 21.3. The normalized spacial score (nSPS) is 25.0. The lowest BCUT2D eigenvalue weighted by Gasteiger charge is -2.47. The number of fused-ring (bicyclic) bond motifs is 3. The summed E-state index contributed by atoms with van der Waals surface area (Å²) < 4.78 is 6.44. The third-order valence-corrected chi connectivity index (χ3v) is 13.8. The highest BCUT2D eigenvalue weighted by molar-refractivity contribution is 6.31. The second kappa shape index (κ2) is 16.8. The van der Waals surface area contributed by atoms with E-state index in [1.807, 2.05) is 35.2 Å². The quantitative estimate of drug-likeness (QED) is 0.246. The smallest absolute Gasteiger partial charge is 0.262 e. The summed E-state index contributed by atoms with van der Waals surface area (Å²) in [6, 6.07) is 19.9. The Bertz CT molecular complexity index is 2320. The van der Waals surface area contributed by atoms with Gasteiger partial charge in [0.25, 0.3) is 17.7 Å². The van der Waals surface area contributed by atoms with Crippen LogP contribution in [0.15, 0.2) is 60.7 Å². The standard InChI is InChI=1S/C47H47ClN6O6/c48-40-25-37(12-10-32(40)26-49)60-43-33-2-1-3-34(43)28-53(27-33)45(57)31-8-6-29(7-9-31)4-5-30-16-20-51(21-17-30)35-18-22-52(23-19-35)36-11-13-38-39(24-36)47(59)54(46(38)58)41-14-15-42(55)50-44(41)56/h6-13,24-25,30,33-35,41,43H,1-3,14-23,27-28H2,(H,50,55,56). The van der Waals surface area contributed by atoms with Crippen molar-refractivity contribution in [3.8, 4) is 23.7 Å². The maximum atomic E-state index is 13.7. The molecule has 5 heterocycles. The van der Waals surface area contributed by atoms with Gasteiger partial charge in [0, 0.05) is 79.3 Å². The molecule has 3 aromatic carbocycles. The highest BCUT2D eigenvalue weighted by atomic mass is 35.5. The summed E-state index contributed by atoms with van der Waals surface area (Å²) in [5.74, 6) is 6.42. The fourth-order valence-electron chi connectivity index (χ4n) is 10.2. The van der Waals surface area contributed by atoms with Crippen LogP contribution in [0.5, 0.6) is 5.75 Å². The van der Waals surface area contributed by atoms with Crippen molar-refractivity contribution in [2.45, 2.75) is 76.0 Å². The van der Waals surface area contributed by atoms with Gasteiger partial charge in [0.2, 0.25) is 11.8 Å². The van der Waals surface area contributed by atoms with E-state index in [0.717, 1.165) is 87.3 Å². The lowest BCUT2D eigenvalue weighted by molar-refractivity contribution is -0.136.